The van der Waals surface area contributed by atoms with Crippen molar-refractivity contribution in [3.63, 3.8) is 0 Å². The van der Waals surface area contributed by atoms with E-state index in [2.05, 4.69) is 18.5 Å². The Balaban J connectivity index is 3.73. The van der Waals surface area contributed by atoms with Crippen LogP contribution in [-0.4, -0.2) is 13.3 Å². The number of rotatable bonds is 4. The number of nitrogens with one attached hydrogen (secondary N) is 1. The first kappa shape index (κ1) is 7.95. The minimum absolute atomic E-state index is 0.361. The number of carbonyl (C=O) groups is 1. The smallest absolute Gasteiger partial charge is 0.124 e. The molecule has 0 aliphatic rings. The summed E-state index contributed by atoms with van der Waals surface area (Å²) >= 11 is 0. The quantitative estimate of drug-likeness (QED) is 0.446. The van der Waals surface area contributed by atoms with Crippen molar-refractivity contribution in [2.24, 2.45) is 0 Å². The molecule has 2 heteroatoms. The Labute approximate surface area is 55.3 Å². The maximum Gasteiger partial charge on any atom is 0.124 e. The van der Waals surface area contributed by atoms with Gasteiger partial charge in [-0.25, -0.2) is 0 Å². The third-order valence-electron chi connectivity index (χ3n) is 1.06. The SMILES string of the molecule is C=C(CC=O)C(=C)NC. The van der Waals surface area contributed by atoms with Crippen LogP contribution in [0, 0.1) is 0 Å². The molecule has 0 fully saturated rings. The molecule has 0 aliphatic carbocycles. The maximum atomic E-state index is 9.91. The van der Waals surface area contributed by atoms with Crippen molar-refractivity contribution >= 4 is 6.29 Å². The average Bonchev–Trinajstić information content (AvgIpc) is 1.87. The van der Waals surface area contributed by atoms with Crippen LogP contribution >= 0.6 is 0 Å². The van der Waals surface area contributed by atoms with E-state index in [1.54, 1.807) is 7.05 Å². The molecule has 0 saturated heterocycles. The second kappa shape index (κ2) is 3.89. The number of allylic oxidation sites excluding steroid dienone is 1. The molecule has 0 amide bonds. The highest BCUT2D eigenvalue weighted by Crippen LogP contribution is 2.02. The highest BCUT2D eigenvalue weighted by Gasteiger charge is 1.93. The van der Waals surface area contributed by atoms with Gasteiger partial charge in [0.2, 0.25) is 0 Å². The van der Waals surface area contributed by atoms with E-state index in [0.29, 0.717) is 6.42 Å². The number of hydrogen-bond donors (Lipinski definition) is 1. The van der Waals surface area contributed by atoms with E-state index in [1.807, 2.05) is 0 Å². The van der Waals surface area contributed by atoms with Gasteiger partial charge < -0.3 is 10.1 Å². The van der Waals surface area contributed by atoms with E-state index < -0.39 is 0 Å². The highest BCUT2D eigenvalue weighted by atomic mass is 16.1. The zero-order valence-electron chi connectivity index (χ0n) is 5.61. The van der Waals surface area contributed by atoms with Crippen molar-refractivity contribution in [3.05, 3.63) is 24.4 Å². The lowest BCUT2D eigenvalue weighted by atomic mass is 10.2. The van der Waals surface area contributed by atoms with E-state index in [0.717, 1.165) is 17.6 Å². The zero-order chi connectivity index (χ0) is 7.28. The van der Waals surface area contributed by atoms with Crippen LogP contribution in [0.25, 0.3) is 0 Å². The number of likely N-dealkylation sites (N-methyl/N-ethyl adjacent to an activating group) is 1. The van der Waals surface area contributed by atoms with Gasteiger partial charge in [0.1, 0.15) is 6.29 Å². The number of aldehydes is 1. The molecule has 50 valence electrons. The summed E-state index contributed by atoms with van der Waals surface area (Å²) in [5.41, 5.74) is 1.47. The molecule has 0 atom stereocenters. The summed E-state index contributed by atoms with van der Waals surface area (Å²) in [6.45, 7) is 7.24. The van der Waals surface area contributed by atoms with Crippen molar-refractivity contribution in [2.45, 2.75) is 6.42 Å². The molecular weight excluding hydrogens is 114 g/mol. The Morgan fingerprint density at radius 2 is 2.22 bits per heavy atom. The monoisotopic (exact) mass is 125 g/mol. The Hall–Kier alpha value is -1.05. The molecular formula is C7H11NO. The standard InChI is InChI=1S/C7H11NO/c1-6(4-5-9)7(2)8-3/h5,8H,1-2,4H2,3H3. The van der Waals surface area contributed by atoms with E-state index in [9.17, 15) is 4.79 Å². The maximum absolute atomic E-state index is 9.91. The van der Waals surface area contributed by atoms with Crippen molar-refractivity contribution in [1.82, 2.24) is 5.32 Å². The molecule has 0 heterocycles. The fraction of sp³-hybridized carbons (Fsp3) is 0.286. The first-order valence-corrected chi connectivity index (χ1v) is 2.70. The summed E-state index contributed by atoms with van der Waals surface area (Å²) in [7, 11) is 1.75. The second-order valence-electron chi connectivity index (χ2n) is 1.70. The van der Waals surface area contributed by atoms with Gasteiger partial charge in [0.25, 0.3) is 0 Å². The molecule has 0 unspecified atom stereocenters. The molecule has 0 aromatic heterocycles. The fourth-order valence-electron chi connectivity index (χ4n) is 0.401. The minimum atomic E-state index is 0.361. The summed E-state index contributed by atoms with van der Waals surface area (Å²) in [5.74, 6) is 0. The van der Waals surface area contributed by atoms with Crippen molar-refractivity contribution < 1.29 is 4.79 Å². The van der Waals surface area contributed by atoms with E-state index >= 15 is 0 Å². The Kier molecular flexibility index (Phi) is 3.44. The summed E-state index contributed by atoms with van der Waals surface area (Å²) in [4.78, 5) is 9.91. The molecule has 0 spiro atoms. The predicted octanol–water partition coefficient (Wildman–Crippen LogP) is 0.865. The Bertz CT molecular complexity index is 138. The van der Waals surface area contributed by atoms with Crippen LogP contribution < -0.4 is 5.32 Å². The van der Waals surface area contributed by atoms with E-state index in [-0.39, 0.29) is 0 Å². The van der Waals surface area contributed by atoms with Gasteiger partial charge in [-0.1, -0.05) is 13.2 Å². The third kappa shape index (κ3) is 2.69. The Morgan fingerprint density at radius 3 is 2.56 bits per heavy atom. The van der Waals surface area contributed by atoms with E-state index in [4.69, 9.17) is 0 Å². The predicted molar refractivity (Wildman–Crippen MR) is 38.0 cm³/mol. The molecule has 0 radical (unpaired) electrons. The molecule has 0 aromatic carbocycles. The molecule has 0 aliphatic heterocycles. The van der Waals surface area contributed by atoms with Crippen LogP contribution in [0.15, 0.2) is 24.4 Å². The lowest BCUT2D eigenvalue weighted by Crippen LogP contribution is -2.06. The zero-order valence-corrected chi connectivity index (χ0v) is 5.61. The van der Waals surface area contributed by atoms with Gasteiger partial charge in [0.15, 0.2) is 0 Å². The van der Waals surface area contributed by atoms with Gasteiger partial charge in [0.05, 0.1) is 0 Å². The fourth-order valence-corrected chi connectivity index (χ4v) is 0.401. The number of carbonyl (C=O) groups excluding carboxylic acids is 1. The first-order valence-electron chi connectivity index (χ1n) is 2.70. The van der Waals surface area contributed by atoms with Gasteiger partial charge in [0, 0.05) is 19.2 Å². The van der Waals surface area contributed by atoms with Gasteiger partial charge in [-0.15, -0.1) is 0 Å². The summed E-state index contributed by atoms with van der Waals surface area (Å²) in [6.07, 6.45) is 1.17. The molecule has 0 rings (SSSR count). The highest BCUT2D eigenvalue weighted by molar-refractivity contribution is 5.56. The summed E-state index contributed by atoms with van der Waals surface area (Å²) in [5, 5.41) is 2.80. The summed E-state index contributed by atoms with van der Waals surface area (Å²) in [6, 6.07) is 0. The van der Waals surface area contributed by atoms with Crippen LogP contribution in [0.2, 0.25) is 0 Å². The largest absolute Gasteiger partial charge is 0.388 e. The first-order chi connectivity index (χ1) is 4.22. The topological polar surface area (TPSA) is 29.1 Å². The van der Waals surface area contributed by atoms with Crippen LogP contribution in [0.1, 0.15) is 6.42 Å². The molecule has 2 nitrogen and oxygen atoms in total. The average molecular weight is 125 g/mol. The lowest BCUT2D eigenvalue weighted by Gasteiger charge is -2.02. The normalized spacial score (nSPS) is 8.11. The molecule has 0 aromatic rings. The van der Waals surface area contributed by atoms with Crippen LogP contribution in [-0.2, 0) is 4.79 Å². The van der Waals surface area contributed by atoms with Crippen molar-refractivity contribution in [2.75, 3.05) is 7.05 Å². The number of hydrogen-bond acceptors (Lipinski definition) is 2. The van der Waals surface area contributed by atoms with Crippen molar-refractivity contribution in [3.8, 4) is 0 Å². The van der Waals surface area contributed by atoms with Crippen LogP contribution in [0.3, 0.4) is 0 Å². The van der Waals surface area contributed by atoms with Gasteiger partial charge >= 0.3 is 0 Å². The summed E-state index contributed by atoms with van der Waals surface area (Å²) < 4.78 is 0. The minimum Gasteiger partial charge on any atom is -0.388 e. The second-order valence-corrected chi connectivity index (χ2v) is 1.70. The molecule has 1 N–H and O–H groups in total. The van der Waals surface area contributed by atoms with Gasteiger partial charge in [-0.3, -0.25) is 0 Å². The van der Waals surface area contributed by atoms with Crippen LogP contribution in [0.5, 0.6) is 0 Å². The van der Waals surface area contributed by atoms with Gasteiger partial charge in [-0.2, -0.15) is 0 Å². The van der Waals surface area contributed by atoms with Crippen molar-refractivity contribution in [1.29, 1.82) is 0 Å². The van der Waals surface area contributed by atoms with E-state index in [1.165, 1.54) is 0 Å². The molecule has 9 heavy (non-hydrogen) atoms. The van der Waals surface area contributed by atoms with Gasteiger partial charge in [-0.05, 0) is 5.57 Å². The molecule has 0 bridgehead atoms. The third-order valence-corrected chi connectivity index (χ3v) is 1.06. The van der Waals surface area contributed by atoms with Crippen LogP contribution in [0.4, 0.5) is 0 Å². The lowest BCUT2D eigenvalue weighted by molar-refractivity contribution is -0.107. The molecule has 0 saturated carbocycles. The Morgan fingerprint density at radius 1 is 1.67 bits per heavy atom.